The molecular weight excluding hydrogens is 975 g/mol. The summed E-state index contributed by atoms with van der Waals surface area (Å²) in [7, 11) is 0. The minimum absolute atomic E-state index is 0.0101. The molecule has 0 spiro atoms. The molecular formula is C54H65N13O9. The van der Waals surface area contributed by atoms with E-state index in [1.54, 1.807) is 124 Å². The quantitative estimate of drug-likeness (QED) is 0.0705. The fraction of sp³-hybridized carbons (Fsp3) is 0.370. The monoisotopic (exact) mass is 1040 g/mol. The molecule has 0 radical (unpaired) electrons. The van der Waals surface area contributed by atoms with Crippen molar-refractivity contribution in [1.29, 1.82) is 0 Å². The summed E-state index contributed by atoms with van der Waals surface area (Å²) in [5.41, 5.74) is 8.29. The van der Waals surface area contributed by atoms with Crippen LogP contribution < -0.4 is 28.1 Å². The number of nitrogens with two attached hydrogens (primary N) is 3. The van der Waals surface area contributed by atoms with Gasteiger partial charge in [0.2, 0.25) is 0 Å². The number of imidazole rings is 2. The number of carboxylic acids is 1. The predicted octanol–water partition coefficient (Wildman–Crippen LogP) is 8.16. The second kappa shape index (κ2) is 22.7. The first-order chi connectivity index (χ1) is 35.9. The first kappa shape index (κ1) is 54.9. The van der Waals surface area contributed by atoms with E-state index < -0.39 is 47.3 Å². The molecule has 0 aliphatic carbocycles. The highest BCUT2D eigenvalue weighted by molar-refractivity contribution is 6.05. The molecule has 2 saturated heterocycles. The summed E-state index contributed by atoms with van der Waals surface area (Å²) in [6, 6.07) is 19.1. The Morgan fingerprint density at radius 3 is 1.33 bits per heavy atom. The van der Waals surface area contributed by atoms with E-state index in [-0.39, 0.29) is 40.4 Å². The fourth-order valence-corrected chi connectivity index (χ4v) is 8.84. The number of pyridine rings is 2. The second-order valence-electron chi connectivity index (χ2n) is 20.6. The first-order valence-electron chi connectivity index (χ1n) is 24.9. The second-order valence-corrected chi connectivity index (χ2v) is 20.6. The molecule has 22 heteroatoms. The molecule has 5 amide bonds. The number of benzene rings is 2. The third kappa shape index (κ3) is 13.1. The van der Waals surface area contributed by atoms with E-state index in [9.17, 15) is 33.9 Å². The molecule has 400 valence electrons. The van der Waals surface area contributed by atoms with Crippen molar-refractivity contribution in [2.75, 3.05) is 35.4 Å². The lowest BCUT2D eigenvalue weighted by Crippen LogP contribution is -2.43. The third-order valence-electron chi connectivity index (χ3n) is 12.3. The van der Waals surface area contributed by atoms with Gasteiger partial charge in [-0.3, -0.25) is 24.2 Å². The van der Waals surface area contributed by atoms with E-state index in [0.717, 1.165) is 46.2 Å². The van der Waals surface area contributed by atoms with Crippen molar-refractivity contribution in [3.05, 3.63) is 130 Å². The summed E-state index contributed by atoms with van der Waals surface area (Å²) in [6.45, 7) is 15.5. The predicted molar refractivity (Wildman–Crippen MR) is 284 cm³/mol. The molecule has 6 heterocycles. The Bertz CT molecular complexity index is 2930. The van der Waals surface area contributed by atoms with Crippen molar-refractivity contribution in [3.63, 3.8) is 0 Å². The molecule has 76 heavy (non-hydrogen) atoms. The van der Waals surface area contributed by atoms with Crippen molar-refractivity contribution in [2.45, 2.75) is 117 Å². The number of ether oxygens (including phenoxy) is 2. The van der Waals surface area contributed by atoms with Crippen molar-refractivity contribution in [2.24, 2.45) is 5.73 Å². The van der Waals surface area contributed by atoms with Gasteiger partial charge in [-0.2, -0.15) is 0 Å². The van der Waals surface area contributed by atoms with Gasteiger partial charge in [-0.05, 0) is 154 Å². The van der Waals surface area contributed by atoms with Crippen molar-refractivity contribution in [3.8, 4) is 22.5 Å². The minimum Gasteiger partial charge on any atom is -0.476 e. The maximum Gasteiger partial charge on any atom is 0.410 e. The molecule has 8 rings (SSSR count). The number of amides is 5. The van der Waals surface area contributed by atoms with Crippen LogP contribution in [0.3, 0.4) is 0 Å². The molecule has 2 fully saturated rings. The van der Waals surface area contributed by atoms with E-state index in [1.807, 2.05) is 26.0 Å². The lowest BCUT2D eigenvalue weighted by atomic mass is 10.0. The van der Waals surface area contributed by atoms with Gasteiger partial charge in [0.25, 0.3) is 17.7 Å². The van der Waals surface area contributed by atoms with Crippen LogP contribution >= 0.6 is 0 Å². The number of rotatable bonds is 10. The zero-order valence-electron chi connectivity index (χ0n) is 43.9. The number of nitrogens with one attached hydrogen (secondary N) is 2. The number of aryl methyl sites for hydroxylation is 2. The van der Waals surface area contributed by atoms with Crippen LogP contribution in [0.5, 0.6) is 0 Å². The molecule has 4 aromatic heterocycles. The maximum atomic E-state index is 12.9. The van der Waals surface area contributed by atoms with Crippen LogP contribution in [0.2, 0.25) is 0 Å². The van der Waals surface area contributed by atoms with Crippen LogP contribution in [0.25, 0.3) is 22.5 Å². The Kier molecular flexibility index (Phi) is 16.4. The number of carbonyl (C=O) groups is 6. The van der Waals surface area contributed by atoms with Gasteiger partial charge >= 0.3 is 18.2 Å². The molecule has 0 unspecified atom stereocenters. The number of carbonyl (C=O) groups excluding carboxylic acids is 5. The van der Waals surface area contributed by atoms with Gasteiger partial charge in [-0.15, -0.1) is 0 Å². The molecule has 0 bridgehead atoms. The van der Waals surface area contributed by atoms with Crippen molar-refractivity contribution < 1.29 is 43.3 Å². The molecule has 2 aliphatic heterocycles. The van der Waals surface area contributed by atoms with E-state index in [4.69, 9.17) is 26.9 Å². The van der Waals surface area contributed by atoms with Gasteiger partial charge in [-0.25, -0.2) is 43.7 Å². The average molecular weight is 1040 g/mol. The lowest BCUT2D eigenvalue weighted by Gasteiger charge is -2.36. The van der Waals surface area contributed by atoms with Crippen molar-refractivity contribution >= 4 is 47.5 Å². The number of nitrogens with zero attached hydrogens (tertiary/aromatic N) is 8. The summed E-state index contributed by atoms with van der Waals surface area (Å²) < 4.78 is 13.4. The number of aromatic nitrogens is 6. The molecule has 9 N–H and O–H groups in total. The van der Waals surface area contributed by atoms with Crippen LogP contribution in [0, 0.1) is 13.8 Å². The average Bonchev–Trinajstić information content (AvgIpc) is 3.89. The smallest absolute Gasteiger partial charge is 0.410 e. The highest BCUT2D eigenvalue weighted by Gasteiger charge is 2.38. The van der Waals surface area contributed by atoms with E-state index in [2.05, 4.69) is 30.6 Å². The summed E-state index contributed by atoms with van der Waals surface area (Å²) >= 11 is 0. The summed E-state index contributed by atoms with van der Waals surface area (Å²) in [6.07, 6.45) is 6.74. The van der Waals surface area contributed by atoms with Crippen LogP contribution in [0.15, 0.2) is 85.2 Å². The Balaban J connectivity index is 0.000000221. The van der Waals surface area contributed by atoms with Crippen LogP contribution in [0.1, 0.15) is 157 Å². The normalized spacial score (nSPS) is 15.7. The number of aromatic carboxylic acids is 1. The van der Waals surface area contributed by atoms with E-state index in [1.165, 1.54) is 0 Å². The highest BCUT2D eigenvalue weighted by Crippen LogP contribution is 2.36. The number of hydrogen-bond acceptors (Lipinski definition) is 14. The minimum atomic E-state index is -1.26. The molecule has 22 nitrogen and oxygen atoms in total. The number of primary amides is 1. The van der Waals surface area contributed by atoms with Gasteiger partial charge in [0.1, 0.15) is 34.2 Å². The van der Waals surface area contributed by atoms with Crippen molar-refractivity contribution in [1.82, 2.24) is 39.1 Å². The van der Waals surface area contributed by atoms with Gasteiger partial charge in [-0.1, -0.05) is 24.3 Å². The molecule has 2 atom stereocenters. The topological polar surface area (TPSA) is 311 Å². The molecule has 2 aromatic carbocycles. The summed E-state index contributed by atoms with van der Waals surface area (Å²) in [4.78, 5) is 96.6. The summed E-state index contributed by atoms with van der Waals surface area (Å²) in [5, 5.41) is 15.5. The number of hydrogen-bond donors (Lipinski definition) is 6. The molecule has 6 aromatic rings. The Morgan fingerprint density at radius 2 is 0.974 bits per heavy atom. The highest BCUT2D eigenvalue weighted by atomic mass is 16.6. The fourth-order valence-electron chi connectivity index (χ4n) is 8.84. The Morgan fingerprint density at radius 1 is 0.592 bits per heavy atom. The third-order valence-corrected chi connectivity index (χ3v) is 12.3. The zero-order valence-corrected chi connectivity index (χ0v) is 43.9. The number of nitrogen functional groups attached to an aromatic ring is 2. The first-order valence-corrected chi connectivity index (χ1v) is 24.9. The van der Waals surface area contributed by atoms with Gasteiger partial charge in [0, 0.05) is 47.7 Å². The lowest BCUT2D eigenvalue weighted by molar-refractivity contribution is 0.00723. The van der Waals surface area contributed by atoms with Gasteiger partial charge in [0.15, 0.2) is 23.0 Å². The number of carboxylic acid groups (broad SMARTS) is 1. The number of likely N-dealkylation sites (tertiary alicyclic amines) is 2. The summed E-state index contributed by atoms with van der Waals surface area (Å²) in [5.74, 6) is 11.4. The van der Waals surface area contributed by atoms with Gasteiger partial charge in [0.05, 0.1) is 12.1 Å². The Labute approximate surface area is 439 Å². The van der Waals surface area contributed by atoms with Crippen LogP contribution in [-0.2, 0) is 9.47 Å². The van der Waals surface area contributed by atoms with Crippen LogP contribution in [0.4, 0.5) is 21.2 Å². The number of anilines is 2. The standard InChI is InChI=1S/C27H33N7O4.C27H32N6O5/c1-16-12-13-30-20(15-16)31-25(36)18-10-8-17(9-11-18)21-22(23(28)35)34(29)24(32-21)19-7-5-6-14-33(19)26(37)38-27(2,3)4;1-16-12-13-29-20(15-16)30-24(34)18-10-8-17(9-11-18)21-22(25(35)36)33(28)23(31-21)19-7-5-6-14-32(19)26(37)38-27(2,3)4/h8-13,15,19H,5-7,14,29H2,1-4H3,(H2,28,35)(H,30,31,36);8-13,15,19H,5-7,14,28H2,1-4H3,(H,35,36)(H,29,30,34)/t2*19-/m00/s1. The van der Waals surface area contributed by atoms with Gasteiger partial charge < -0.3 is 42.6 Å². The zero-order chi connectivity index (χ0) is 55.2. The van der Waals surface area contributed by atoms with Crippen LogP contribution in [-0.4, -0.2) is 104 Å². The SMILES string of the molecule is Cc1ccnc(NC(=O)c2ccc(-c3nc([C@@H]4CCCCN4C(=O)OC(C)(C)C)n(N)c3C(=O)O)cc2)c1.Cc1ccnc(NC(=O)c2ccc(-c3nc([C@@H]4CCCCN4C(=O)OC(C)(C)C)n(N)c3C(N)=O)cc2)c1. The van der Waals surface area contributed by atoms with E-state index >= 15 is 0 Å². The van der Waals surface area contributed by atoms with E-state index in [0.29, 0.717) is 65.6 Å². The Hall–Kier alpha value is -8.82. The number of piperidine rings is 2. The molecule has 0 saturated carbocycles. The molecule has 2 aliphatic rings. The maximum absolute atomic E-state index is 12.9. The largest absolute Gasteiger partial charge is 0.476 e.